The van der Waals surface area contributed by atoms with Crippen molar-refractivity contribution in [2.24, 2.45) is 0 Å². The van der Waals surface area contributed by atoms with Crippen LogP contribution in [0.2, 0.25) is 0 Å². The standard InChI is InChI=1S/C16H14N2O2S/c1-2-20-15(19)9-11-10-21-16(18-11)13-7-8-17-14-6-4-3-5-12(13)14/h3-8,10H,2,9H2,1H3. The molecule has 0 unspecified atom stereocenters. The number of carbonyl (C=O) groups excluding carboxylic acids is 1. The number of aromatic nitrogens is 2. The lowest BCUT2D eigenvalue weighted by Crippen LogP contribution is -2.07. The monoisotopic (exact) mass is 298 g/mol. The molecule has 106 valence electrons. The molecule has 3 aromatic rings. The molecule has 0 saturated heterocycles. The lowest BCUT2D eigenvalue weighted by Gasteiger charge is -2.02. The maximum absolute atomic E-state index is 11.5. The van der Waals surface area contributed by atoms with Crippen LogP contribution in [0.25, 0.3) is 21.5 Å². The number of benzene rings is 1. The Morgan fingerprint density at radius 3 is 3.00 bits per heavy atom. The number of para-hydroxylation sites is 1. The number of pyridine rings is 1. The highest BCUT2D eigenvalue weighted by Gasteiger charge is 2.11. The van der Waals surface area contributed by atoms with E-state index < -0.39 is 0 Å². The summed E-state index contributed by atoms with van der Waals surface area (Å²) in [5, 5.41) is 3.87. The van der Waals surface area contributed by atoms with Crippen LogP contribution in [0.1, 0.15) is 12.6 Å². The number of esters is 1. The molecule has 5 heteroatoms. The smallest absolute Gasteiger partial charge is 0.311 e. The minimum absolute atomic E-state index is 0.216. The van der Waals surface area contributed by atoms with Gasteiger partial charge in [0.1, 0.15) is 5.01 Å². The molecule has 2 heterocycles. The van der Waals surface area contributed by atoms with Crippen molar-refractivity contribution in [3.63, 3.8) is 0 Å². The van der Waals surface area contributed by atoms with E-state index in [4.69, 9.17) is 4.74 Å². The van der Waals surface area contributed by atoms with Crippen molar-refractivity contribution in [3.8, 4) is 10.6 Å². The average Bonchev–Trinajstić information content (AvgIpc) is 2.95. The van der Waals surface area contributed by atoms with E-state index in [0.717, 1.165) is 27.2 Å². The van der Waals surface area contributed by atoms with Crippen LogP contribution in [0, 0.1) is 0 Å². The molecule has 0 atom stereocenters. The quantitative estimate of drug-likeness (QED) is 0.692. The first-order chi connectivity index (χ1) is 10.3. The van der Waals surface area contributed by atoms with Gasteiger partial charge in [0.25, 0.3) is 0 Å². The number of nitrogens with zero attached hydrogens (tertiary/aromatic N) is 2. The molecule has 3 rings (SSSR count). The molecule has 0 spiro atoms. The normalized spacial score (nSPS) is 10.7. The Bertz CT molecular complexity index is 777. The van der Waals surface area contributed by atoms with E-state index in [1.165, 1.54) is 11.3 Å². The van der Waals surface area contributed by atoms with Gasteiger partial charge in [0, 0.05) is 22.5 Å². The molecule has 0 amide bonds. The second-order valence-electron chi connectivity index (χ2n) is 4.50. The van der Waals surface area contributed by atoms with Crippen molar-refractivity contribution in [2.45, 2.75) is 13.3 Å². The van der Waals surface area contributed by atoms with E-state index in [1.807, 2.05) is 35.7 Å². The zero-order valence-corrected chi connectivity index (χ0v) is 12.4. The summed E-state index contributed by atoms with van der Waals surface area (Å²) in [6.45, 7) is 2.19. The highest BCUT2D eigenvalue weighted by molar-refractivity contribution is 7.13. The maximum atomic E-state index is 11.5. The van der Waals surface area contributed by atoms with Crippen LogP contribution in [0.4, 0.5) is 0 Å². The molecular formula is C16H14N2O2S. The number of fused-ring (bicyclic) bond motifs is 1. The van der Waals surface area contributed by atoms with Gasteiger partial charge in [-0.15, -0.1) is 11.3 Å². The molecule has 4 nitrogen and oxygen atoms in total. The fraction of sp³-hybridized carbons (Fsp3) is 0.188. The van der Waals surface area contributed by atoms with Gasteiger partial charge in [-0.05, 0) is 19.1 Å². The Morgan fingerprint density at radius 1 is 1.29 bits per heavy atom. The minimum atomic E-state index is -0.242. The summed E-state index contributed by atoms with van der Waals surface area (Å²) in [5.74, 6) is -0.242. The van der Waals surface area contributed by atoms with Gasteiger partial charge in [-0.2, -0.15) is 0 Å². The van der Waals surface area contributed by atoms with Gasteiger partial charge in [-0.1, -0.05) is 18.2 Å². The first kappa shape index (κ1) is 13.7. The van der Waals surface area contributed by atoms with Gasteiger partial charge in [0.15, 0.2) is 0 Å². The van der Waals surface area contributed by atoms with Crippen molar-refractivity contribution in [3.05, 3.63) is 47.6 Å². The molecule has 0 fully saturated rings. The van der Waals surface area contributed by atoms with E-state index in [9.17, 15) is 4.79 Å². The van der Waals surface area contributed by atoms with Gasteiger partial charge >= 0.3 is 5.97 Å². The van der Waals surface area contributed by atoms with Gasteiger partial charge in [0.05, 0.1) is 24.2 Å². The summed E-state index contributed by atoms with van der Waals surface area (Å²) in [5.41, 5.74) is 2.73. The molecule has 0 aliphatic carbocycles. The lowest BCUT2D eigenvalue weighted by molar-refractivity contribution is -0.142. The van der Waals surface area contributed by atoms with E-state index in [1.54, 1.807) is 13.1 Å². The second-order valence-corrected chi connectivity index (χ2v) is 5.36. The predicted molar refractivity (Wildman–Crippen MR) is 83.2 cm³/mol. The fourth-order valence-electron chi connectivity index (χ4n) is 2.15. The summed E-state index contributed by atoms with van der Waals surface area (Å²) in [6, 6.07) is 9.92. The Balaban J connectivity index is 1.93. The van der Waals surface area contributed by atoms with Crippen molar-refractivity contribution in [1.29, 1.82) is 0 Å². The summed E-state index contributed by atoms with van der Waals surface area (Å²) < 4.78 is 4.95. The second kappa shape index (κ2) is 6.01. The Kier molecular flexibility index (Phi) is 3.92. The number of hydrogen-bond acceptors (Lipinski definition) is 5. The predicted octanol–water partition coefficient (Wildman–Crippen LogP) is 3.46. The van der Waals surface area contributed by atoms with Crippen LogP contribution in [0.5, 0.6) is 0 Å². The van der Waals surface area contributed by atoms with Crippen LogP contribution >= 0.6 is 11.3 Å². The van der Waals surface area contributed by atoms with Crippen LogP contribution in [0.3, 0.4) is 0 Å². The van der Waals surface area contributed by atoms with E-state index in [0.29, 0.717) is 6.61 Å². The van der Waals surface area contributed by atoms with Gasteiger partial charge < -0.3 is 4.74 Å². The summed E-state index contributed by atoms with van der Waals surface area (Å²) in [4.78, 5) is 20.4. The van der Waals surface area contributed by atoms with Gasteiger partial charge in [-0.25, -0.2) is 4.98 Å². The first-order valence-corrected chi connectivity index (χ1v) is 7.60. The maximum Gasteiger partial charge on any atom is 0.311 e. The highest BCUT2D eigenvalue weighted by atomic mass is 32.1. The first-order valence-electron chi connectivity index (χ1n) is 6.72. The molecule has 0 N–H and O–H groups in total. The average molecular weight is 298 g/mol. The molecule has 0 bridgehead atoms. The summed E-state index contributed by atoms with van der Waals surface area (Å²) in [6.07, 6.45) is 2.00. The number of rotatable bonds is 4. The minimum Gasteiger partial charge on any atom is -0.466 e. The molecule has 21 heavy (non-hydrogen) atoms. The highest BCUT2D eigenvalue weighted by Crippen LogP contribution is 2.29. The summed E-state index contributed by atoms with van der Waals surface area (Å²) >= 11 is 1.53. The van der Waals surface area contributed by atoms with Crippen molar-refractivity contribution in [2.75, 3.05) is 6.61 Å². The molecule has 0 aliphatic heterocycles. The third-order valence-corrected chi connectivity index (χ3v) is 3.99. The Hall–Kier alpha value is -2.27. The van der Waals surface area contributed by atoms with Crippen LogP contribution in [0.15, 0.2) is 41.9 Å². The SMILES string of the molecule is CCOC(=O)Cc1csc(-c2ccnc3ccccc23)n1. The van der Waals surface area contributed by atoms with Crippen molar-refractivity contribution >= 4 is 28.2 Å². The fourth-order valence-corrected chi connectivity index (χ4v) is 3.01. The topological polar surface area (TPSA) is 52.1 Å². The third kappa shape index (κ3) is 2.92. The van der Waals surface area contributed by atoms with Crippen molar-refractivity contribution < 1.29 is 9.53 Å². The van der Waals surface area contributed by atoms with E-state index in [2.05, 4.69) is 9.97 Å². The molecule has 1 aromatic carbocycles. The summed E-state index contributed by atoms with van der Waals surface area (Å²) in [7, 11) is 0. The number of thiazole rings is 1. The zero-order chi connectivity index (χ0) is 14.7. The van der Waals surface area contributed by atoms with E-state index >= 15 is 0 Å². The molecule has 0 aliphatic rings. The number of carbonyl (C=O) groups is 1. The number of hydrogen-bond donors (Lipinski definition) is 0. The lowest BCUT2D eigenvalue weighted by atomic mass is 10.1. The zero-order valence-electron chi connectivity index (χ0n) is 11.6. The van der Waals surface area contributed by atoms with Crippen LogP contribution in [-0.4, -0.2) is 22.5 Å². The number of ether oxygens (including phenoxy) is 1. The van der Waals surface area contributed by atoms with Gasteiger partial charge in [0.2, 0.25) is 0 Å². The third-order valence-electron chi connectivity index (χ3n) is 3.06. The Labute approximate surface area is 126 Å². The van der Waals surface area contributed by atoms with E-state index in [-0.39, 0.29) is 12.4 Å². The van der Waals surface area contributed by atoms with Crippen LogP contribution < -0.4 is 0 Å². The Morgan fingerprint density at radius 2 is 2.14 bits per heavy atom. The molecular weight excluding hydrogens is 284 g/mol. The molecule has 2 aromatic heterocycles. The molecule has 0 radical (unpaired) electrons. The molecule has 0 saturated carbocycles. The van der Waals surface area contributed by atoms with Crippen molar-refractivity contribution in [1.82, 2.24) is 9.97 Å². The largest absolute Gasteiger partial charge is 0.466 e. The van der Waals surface area contributed by atoms with Crippen LogP contribution in [-0.2, 0) is 16.0 Å². The van der Waals surface area contributed by atoms with Gasteiger partial charge in [-0.3, -0.25) is 9.78 Å².